The number of nitrogens with one attached hydrogen (secondary N) is 2. The summed E-state index contributed by atoms with van der Waals surface area (Å²) in [6.07, 6.45) is 2.01. The van der Waals surface area contributed by atoms with E-state index in [4.69, 9.17) is 9.47 Å². The Morgan fingerprint density at radius 1 is 1.39 bits per heavy atom. The van der Waals surface area contributed by atoms with Crippen LogP contribution >= 0.6 is 39.7 Å². The first-order valence-electron chi connectivity index (χ1n) is 7.34. The first-order chi connectivity index (χ1) is 10.5. The number of hydrogen-bond donors (Lipinski definition) is 2. The van der Waals surface area contributed by atoms with Crippen LogP contribution in [0, 0.1) is 12.3 Å². The molecule has 0 saturated carbocycles. The van der Waals surface area contributed by atoms with E-state index in [2.05, 4.69) is 26.6 Å². The van der Waals surface area contributed by atoms with E-state index in [0.29, 0.717) is 23.8 Å². The van der Waals surface area contributed by atoms with Gasteiger partial charge in [-0.2, -0.15) is 0 Å². The molecule has 0 aliphatic carbocycles. The van der Waals surface area contributed by atoms with Crippen LogP contribution in [0.25, 0.3) is 0 Å². The molecule has 0 radical (unpaired) electrons. The molecule has 1 aliphatic rings. The van der Waals surface area contributed by atoms with Gasteiger partial charge in [0, 0.05) is 23.9 Å². The highest BCUT2D eigenvalue weighted by Crippen LogP contribution is 2.39. The lowest BCUT2D eigenvalue weighted by Crippen LogP contribution is -2.47. The van der Waals surface area contributed by atoms with Crippen molar-refractivity contribution in [2.45, 2.75) is 19.8 Å². The predicted octanol–water partition coefficient (Wildman–Crippen LogP) is 3.00. The van der Waals surface area contributed by atoms with Crippen LogP contribution in [-0.2, 0) is 4.74 Å². The SMILES string of the molecule is COCC1(CNC(=O)c2sc(C)c(Br)c2OC)CCNCC1.Cl. The summed E-state index contributed by atoms with van der Waals surface area (Å²) in [6.45, 7) is 5.18. The number of aryl methyl sites for hydroxylation is 1. The fourth-order valence-corrected chi connectivity index (χ4v) is 4.48. The molecular formula is C15H24BrClN2O3S. The van der Waals surface area contributed by atoms with Crippen LogP contribution in [0.4, 0.5) is 0 Å². The van der Waals surface area contributed by atoms with Crippen LogP contribution in [-0.4, -0.2) is 46.4 Å². The normalized spacial score (nSPS) is 16.5. The maximum absolute atomic E-state index is 12.5. The van der Waals surface area contributed by atoms with Crippen molar-refractivity contribution in [1.82, 2.24) is 10.6 Å². The third-order valence-corrected chi connectivity index (χ3v) is 6.42. The number of rotatable bonds is 6. The molecule has 0 atom stereocenters. The summed E-state index contributed by atoms with van der Waals surface area (Å²) in [5.41, 5.74) is 0.0203. The molecule has 2 N–H and O–H groups in total. The van der Waals surface area contributed by atoms with E-state index in [1.807, 2.05) is 6.92 Å². The molecule has 8 heteroatoms. The zero-order valence-corrected chi connectivity index (χ0v) is 16.9. The molecule has 1 amide bonds. The number of halogens is 2. The van der Waals surface area contributed by atoms with E-state index >= 15 is 0 Å². The summed E-state index contributed by atoms with van der Waals surface area (Å²) in [5.74, 6) is 0.538. The van der Waals surface area contributed by atoms with Crippen LogP contribution in [0.1, 0.15) is 27.4 Å². The van der Waals surface area contributed by atoms with Crippen molar-refractivity contribution in [2.75, 3.05) is 40.5 Å². The second-order valence-electron chi connectivity index (χ2n) is 5.70. The minimum Gasteiger partial charge on any atom is -0.494 e. The Morgan fingerprint density at radius 2 is 2.04 bits per heavy atom. The number of carbonyl (C=O) groups is 1. The molecule has 0 unspecified atom stereocenters. The van der Waals surface area contributed by atoms with Crippen molar-refractivity contribution in [3.05, 3.63) is 14.2 Å². The molecule has 2 rings (SSSR count). The predicted molar refractivity (Wildman–Crippen MR) is 99.3 cm³/mol. The third kappa shape index (κ3) is 4.82. The van der Waals surface area contributed by atoms with Gasteiger partial charge in [0.1, 0.15) is 4.88 Å². The number of piperidine rings is 1. The number of hydrogen-bond acceptors (Lipinski definition) is 5. The van der Waals surface area contributed by atoms with Crippen molar-refractivity contribution in [3.63, 3.8) is 0 Å². The number of thiophene rings is 1. The van der Waals surface area contributed by atoms with Gasteiger partial charge in [0.05, 0.1) is 18.2 Å². The van der Waals surface area contributed by atoms with E-state index < -0.39 is 0 Å². The van der Waals surface area contributed by atoms with Gasteiger partial charge < -0.3 is 20.1 Å². The summed E-state index contributed by atoms with van der Waals surface area (Å²) in [6, 6.07) is 0. The maximum atomic E-state index is 12.5. The molecule has 0 aromatic carbocycles. The number of ether oxygens (including phenoxy) is 2. The van der Waals surface area contributed by atoms with Crippen LogP contribution in [0.15, 0.2) is 4.47 Å². The van der Waals surface area contributed by atoms with Crippen LogP contribution in [0.2, 0.25) is 0 Å². The topological polar surface area (TPSA) is 59.6 Å². The van der Waals surface area contributed by atoms with E-state index in [1.54, 1.807) is 14.2 Å². The molecule has 1 aliphatic heterocycles. The molecule has 0 spiro atoms. The highest BCUT2D eigenvalue weighted by molar-refractivity contribution is 9.10. The average molecular weight is 428 g/mol. The van der Waals surface area contributed by atoms with Crippen molar-refractivity contribution in [1.29, 1.82) is 0 Å². The summed E-state index contributed by atoms with van der Waals surface area (Å²) in [4.78, 5) is 14.2. The highest BCUT2D eigenvalue weighted by atomic mass is 79.9. The molecule has 5 nitrogen and oxygen atoms in total. The molecule has 23 heavy (non-hydrogen) atoms. The van der Waals surface area contributed by atoms with Gasteiger partial charge >= 0.3 is 0 Å². The minimum atomic E-state index is -0.0790. The van der Waals surface area contributed by atoms with Gasteiger partial charge in [0.15, 0.2) is 5.75 Å². The lowest BCUT2D eigenvalue weighted by Gasteiger charge is -2.37. The molecule has 0 bridgehead atoms. The van der Waals surface area contributed by atoms with Crippen LogP contribution in [0.5, 0.6) is 5.75 Å². The fraction of sp³-hybridized carbons (Fsp3) is 0.667. The first kappa shape index (κ1) is 20.7. The van der Waals surface area contributed by atoms with Crippen LogP contribution < -0.4 is 15.4 Å². The zero-order valence-electron chi connectivity index (χ0n) is 13.7. The summed E-state index contributed by atoms with van der Waals surface area (Å²) >= 11 is 4.91. The second kappa shape index (κ2) is 9.22. The van der Waals surface area contributed by atoms with Gasteiger partial charge in [-0.05, 0) is 48.8 Å². The molecule has 132 valence electrons. The molecule has 1 aromatic heterocycles. The number of carbonyl (C=O) groups excluding carboxylic acids is 1. The summed E-state index contributed by atoms with van der Waals surface area (Å²) < 4.78 is 11.6. The Bertz CT molecular complexity index is 528. The van der Waals surface area contributed by atoms with Gasteiger partial charge in [-0.15, -0.1) is 23.7 Å². The lowest BCUT2D eigenvalue weighted by molar-refractivity contribution is 0.0512. The van der Waals surface area contributed by atoms with Crippen molar-refractivity contribution >= 4 is 45.6 Å². The van der Waals surface area contributed by atoms with Gasteiger partial charge in [-0.25, -0.2) is 0 Å². The van der Waals surface area contributed by atoms with Gasteiger partial charge in [0.2, 0.25) is 0 Å². The van der Waals surface area contributed by atoms with Gasteiger partial charge in [-0.3, -0.25) is 4.79 Å². The van der Waals surface area contributed by atoms with Crippen molar-refractivity contribution in [2.24, 2.45) is 5.41 Å². The molecule has 2 heterocycles. The zero-order chi connectivity index (χ0) is 16.2. The Kier molecular flexibility index (Phi) is 8.30. The third-order valence-electron chi connectivity index (χ3n) is 4.12. The molecular weight excluding hydrogens is 404 g/mol. The summed E-state index contributed by atoms with van der Waals surface area (Å²) in [5, 5.41) is 6.43. The second-order valence-corrected chi connectivity index (χ2v) is 7.72. The van der Waals surface area contributed by atoms with E-state index in [-0.39, 0.29) is 23.7 Å². The van der Waals surface area contributed by atoms with E-state index in [1.165, 1.54) is 11.3 Å². The standard InChI is InChI=1S/C15H23BrN2O3S.ClH/c1-10-11(16)12(21-3)13(22-10)14(19)18-8-15(9-20-2)4-6-17-7-5-15;/h17H,4-9H2,1-3H3,(H,18,19);1H. The number of methoxy groups -OCH3 is 2. The molecule has 1 saturated heterocycles. The Labute approximate surface area is 156 Å². The van der Waals surface area contributed by atoms with Gasteiger partial charge in [0.25, 0.3) is 5.91 Å². The van der Waals surface area contributed by atoms with E-state index in [9.17, 15) is 4.79 Å². The van der Waals surface area contributed by atoms with Crippen molar-refractivity contribution < 1.29 is 14.3 Å². The lowest BCUT2D eigenvalue weighted by atomic mass is 9.79. The van der Waals surface area contributed by atoms with Crippen LogP contribution in [0.3, 0.4) is 0 Å². The smallest absolute Gasteiger partial charge is 0.265 e. The summed E-state index contributed by atoms with van der Waals surface area (Å²) in [7, 11) is 3.30. The monoisotopic (exact) mass is 426 g/mol. The fourth-order valence-electron chi connectivity index (χ4n) is 2.82. The average Bonchev–Trinajstić information content (AvgIpc) is 2.81. The Morgan fingerprint density at radius 3 is 2.61 bits per heavy atom. The molecule has 1 aromatic rings. The Balaban J connectivity index is 0.00000264. The largest absolute Gasteiger partial charge is 0.494 e. The van der Waals surface area contributed by atoms with Crippen molar-refractivity contribution in [3.8, 4) is 5.75 Å². The maximum Gasteiger partial charge on any atom is 0.265 e. The first-order valence-corrected chi connectivity index (χ1v) is 8.95. The minimum absolute atomic E-state index is 0. The number of amides is 1. The highest BCUT2D eigenvalue weighted by Gasteiger charge is 2.33. The van der Waals surface area contributed by atoms with Gasteiger partial charge in [-0.1, -0.05) is 0 Å². The van der Waals surface area contributed by atoms with E-state index in [0.717, 1.165) is 35.3 Å². The molecule has 1 fully saturated rings. The Hall–Kier alpha value is -0.340. The quantitative estimate of drug-likeness (QED) is 0.733.